The van der Waals surface area contributed by atoms with E-state index in [2.05, 4.69) is 11.4 Å². The lowest BCUT2D eigenvalue weighted by Gasteiger charge is -2.37. The Morgan fingerprint density at radius 3 is 2.52 bits per heavy atom. The lowest BCUT2D eigenvalue weighted by atomic mass is 9.95. The molecule has 1 saturated carbocycles. The fourth-order valence-corrected chi connectivity index (χ4v) is 4.97. The van der Waals surface area contributed by atoms with Gasteiger partial charge in [-0.15, -0.1) is 0 Å². The van der Waals surface area contributed by atoms with Gasteiger partial charge in [0.05, 0.1) is 6.10 Å². The Balaban J connectivity index is 1.35. The normalized spacial score (nSPS) is 27.3. The average molecular weight is 371 g/mol. The summed E-state index contributed by atoms with van der Waals surface area (Å²) in [5.41, 5.74) is 2.20. The van der Waals surface area contributed by atoms with Gasteiger partial charge in [0.1, 0.15) is 0 Å². The number of carbonyl (C=O) groups is 2. The molecule has 3 amide bonds. The summed E-state index contributed by atoms with van der Waals surface area (Å²) in [6.45, 7) is 3.52. The Morgan fingerprint density at radius 1 is 1.19 bits per heavy atom. The van der Waals surface area contributed by atoms with Crippen molar-refractivity contribution in [1.29, 1.82) is 0 Å². The Labute approximate surface area is 160 Å². The van der Waals surface area contributed by atoms with E-state index in [1.807, 2.05) is 28.0 Å². The zero-order valence-corrected chi connectivity index (χ0v) is 16.0. The third kappa shape index (κ3) is 3.81. The molecule has 1 unspecified atom stereocenters. The highest BCUT2D eigenvalue weighted by molar-refractivity contribution is 5.78. The van der Waals surface area contributed by atoms with Crippen molar-refractivity contribution in [3.05, 3.63) is 35.4 Å². The maximum Gasteiger partial charge on any atom is 0.317 e. The van der Waals surface area contributed by atoms with E-state index in [0.717, 1.165) is 50.0 Å². The van der Waals surface area contributed by atoms with Crippen LogP contribution in [0.1, 0.15) is 36.8 Å². The second-order valence-corrected chi connectivity index (χ2v) is 8.05. The molecule has 1 aromatic rings. The van der Waals surface area contributed by atoms with Crippen molar-refractivity contribution in [3.63, 3.8) is 0 Å². The number of ether oxygens (including phenoxy) is 1. The summed E-state index contributed by atoms with van der Waals surface area (Å²) >= 11 is 0. The summed E-state index contributed by atoms with van der Waals surface area (Å²) in [6.07, 6.45) is 4.21. The second-order valence-electron chi connectivity index (χ2n) is 8.05. The molecule has 0 aromatic heterocycles. The summed E-state index contributed by atoms with van der Waals surface area (Å²) in [4.78, 5) is 28.5. The van der Waals surface area contributed by atoms with Crippen LogP contribution in [0.3, 0.4) is 0 Å². The van der Waals surface area contributed by atoms with Crippen LogP contribution in [0.5, 0.6) is 0 Å². The Hall–Kier alpha value is -2.08. The van der Waals surface area contributed by atoms with Gasteiger partial charge in [0.2, 0.25) is 5.91 Å². The van der Waals surface area contributed by atoms with Gasteiger partial charge in [-0.2, -0.15) is 0 Å². The van der Waals surface area contributed by atoms with Crippen molar-refractivity contribution in [2.24, 2.45) is 11.8 Å². The topological polar surface area (TPSA) is 61.9 Å². The fraction of sp³-hybridized carbons (Fsp3) is 0.619. The highest BCUT2D eigenvalue weighted by Crippen LogP contribution is 2.38. The second kappa shape index (κ2) is 7.89. The van der Waals surface area contributed by atoms with E-state index in [4.69, 9.17) is 4.74 Å². The molecule has 6 nitrogen and oxygen atoms in total. The molecule has 4 rings (SSSR count). The summed E-state index contributed by atoms with van der Waals surface area (Å²) in [7, 11) is 1.79. The fourth-order valence-electron chi connectivity index (χ4n) is 4.97. The first-order valence-electron chi connectivity index (χ1n) is 10.1. The Morgan fingerprint density at radius 2 is 1.89 bits per heavy atom. The molecular weight excluding hydrogens is 342 g/mol. The highest BCUT2D eigenvalue weighted by Gasteiger charge is 2.43. The van der Waals surface area contributed by atoms with Gasteiger partial charge >= 0.3 is 6.03 Å². The van der Waals surface area contributed by atoms with E-state index in [1.165, 1.54) is 0 Å². The zero-order chi connectivity index (χ0) is 18.8. The van der Waals surface area contributed by atoms with Crippen LogP contribution >= 0.6 is 0 Å². The number of likely N-dealkylation sites (tertiary alicyclic amines) is 2. The minimum atomic E-state index is 0.00788. The van der Waals surface area contributed by atoms with Crippen molar-refractivity contribution in [2.75, 3.05) is 26.7 Å². The molecule has 2 heterocycles. The van der Waals surface area contributed by atoms with Crippen LogP contribution in [0, 0.1) is 11.8 Å². The molecule has 3 fully saturated rings. The molecule has 6 heteroatoms. The molecule has 0 spiro atoms. The van der Waals surface area contributed by atoms with E-state index >= 15 is 0 Å². The van der Waals surface area contributed by atoms with Crippen LogP contribution in [0.15, 0.2) is 24.3 Å². The minimum Gasteiger partial charge on any atom is -0.381 e. The molecule has 146 valence electrons. The van der Waals surface area contributed by atoms with Gasteiger partial charge in [-0.05, 0) is 30.4 Å². The van der Waals surface area contributed by atoms with Crippen LogP contribution in [0.2, 0.25) is 0 Å². The third-order valence-electron chi connectivity index (χ3n) is 6.39. The van der Waals surface area contributed by atoms with Gasteiger partial charge in [-0.3, -0.25) is 4.79 Å². The van der Waals surface area contributed by atoms with Gasteiger partial charge in [0, 0.05) is 58.1 Å². The minimum absolute atomic E-state index is 0.00788. The molecule has 2 aliphatic heterocycles. The molecule has 2 bridgehead atoms. The molecule has 3 atom stereocenters. The smallest absolute Gasteiger partial charge is 0.317 e. The number of nitrogens with zero attached hydrogens (tertiary/aromatic N) is 2. The SMILES string of the molecule is COC1[C@@H]2CC[C@H]1CN(C(=O)NCc1ccccc1CN1CCCC1=O)C2. The average Bonchev–Trinajstić information content (AvgIpc) is 3.19. The molecule has 3 aliphatic rings. The first-order chi connectivity index (χ1) is 13.2. The monoisotopic (exact) mass is 371 g/mol. The molecule has 1 aliphatic carbocycles. The summed E-state index contributed by atoms with van der Waals surface area (Å²) in [6, 6.07) is 8.08. The largest absolute Gasteiger partial charge is 0.381 e. The standard InChI is InChI=1S/C21H29N3O3/c1-27-20-17-8-9-18(20)14-24(13-17)21(26)22-11-15-5-2-3-6-16(15)12-23-10-4-7-19(23)25/h2-3,5-6,17-18,20H,4,7-14H2,1H3,(H,22,26)/t17-,18+,20?. The van der Waals surface area contributed by atoms with E-state index in [9.17, 15) is 9.59 Å². The number of fused-ring (bicyclic) bond motifs is 2. The van der Waals surface area contributed by atoms with Gasteiger partial charge in [-0.25, -0.2) is 4.79 Å². The van der Waals surface area contributed by atoms with Gasteiger partial charge in [0.15, 0.2) is 0 Å². The van der Waals surface area contributed by atoms with Crippen molar-refractivity contribution in [1.82, 2.24) is 15.1 Å². The van der Waals surface area contributed by atoms with E-state index in [-0.39, 0.29) is 11.9 Å². The first-order valence-corrected chi connectivity index (χ1v) is 10.1. The molecule has 1 aromatic carbocycles. The molecule has 27 heavy (non-hydrogen) atoms. The number of methoxy groups -OCH3 is 1. The van der Waals surface area contributed by atoms with Crippen molar-refractivity contribution >= 4 is 11.9 Å². The van der Waals surface area contributed by atoms with Gasteiger partial charge < -0.3 is 19.9 Å². The Bertz CT molecular complexity index is 694. The number of benzene rings is 1. The van der Waals surface area contributed by atoms with Crippen molar-refractivity contribution in [2.45, 2.75) is 44.9 Å². The number of carbonyl (C=O) groups excluding carboxylic acids is 2. The van der Waals surface area contributed by atoms with Crippen LogP contribution < -0.4 is 5.32 Å². The highest BCUT2D eigenvalue weighted by atomic mass is 16.5. The quantitative estimate of drug-likeness (QED) is 0.864. The number of amides is 3. The van der Waals surface area contributed by atoms with Gasteiger partial charge in [-0.1, -0.05) is 24.3 Å². The maximum atomic E-state index is 12.7. The predicted molar refractivity (Wildman–Crippen MR) is 102 cm³/mol. The van der Waals surface area contributed by atoms with Crippen LogP contribution in [0.25, 0.3) is 0 Å². The molecule has 1 N–H and O–H groups in total. The number of hydrogen-bond donors (Lipinski definition) is 1. The number of piperidine rings is 1. The van der Waals surface area contributed by atoms with E-state index < -0.39 is 0 Å². The maximum absolute atomic E-state index is 12.7. The number of urea groups is 1. The summed E-state index contributed by atoms with van der Waals surface area (Å²) < 4.78 is 5.63. The summed E-state index contributed by atoms with van der Waals surface area (Å²) in [5.74, 6) is 1.16. The first kappa shape index (κ1) is 18.3. The van der Waals surface area contributed by atoms with Crippen LogP contribution in [-0.4, -0.2) is 54.6 Å². The predicted octanol–water partition coefficient (Wildman–Crippen LogP) is 2.38. The third-order valence-corrected chi connectivity index (χ3v) is 6.39. The van der Waals surface area contributed by atoms with Crippen LogP contribution in [0.4, 0.5) is 4.79 Å². The van der Waals surface area contributed by atoms with Gasteiger partial charge in [0.25, 0.3) is 0 Å². The number of rotatable bonds is 5. The number of hydrogen-bond acceptors (Lipinski definition) is 3. The van der Waals surface area contributed by atoms with Crippen molar-refractivity contribution < 1.29 is 14.3 Å². The zero-order valence-electron chi connectivity index (χ0n) is 16.0. The van der Waals surface area contributed by atoms with E-state index in [1.54, 1.807) is 7.11 Å². The number of nitrogens with one attached hydrogen (secondary N) is 1. The van der Waals surface area contributed by atoms with Crippen LogP contribution in [-0.2, 0) is 22.6 Å². The van der Waals surface area contributed by atoms with Crippen molar-refractivity contribution in [3.8, 4) is 0 Å². The van der Waals surface area contributed by atoms with E-state index in [0.29, 0.717) is 37.5 Å². The molecular formula is C21H29N3O3. The molecule has 0 radical (unpaired) electrons. The lowest BCUT2D eigenvalue weighted by Crippen LogP contribution is -2.51. The summed E-state index contributed by atoms with van der Waals surface area (Å²) in [5, 5.41) is 3.09. The Kier molecular flexibility index (Phi) is 5.34. The lowest BCUT2D eigenvalue weighted by molar-refractivity contribution is -0.128. The molecule has 2 saturated heterocycles.